The summed E-state index contributed by atoms with van der Waals surface area (Å²) in [7, 11) is 0. The number of anilines is 1. The molecule has 3 rings (SSSR count). The molecule has 0 spiro atoms. The Kier molecular flexibility index (Phi) is 5.34. The predicted octanol–water partition coefficient (Wildman–Crippen LogP) is 5.99. The van der Waals surface area contributed by atoms with Crippen LogP contribution in [0.3, 0.4) is 0 Å². The third-order valence-electron chi connectivity index (χ3n) is 2.86. The van der Waals surface area contributed by atoms with E-state index in [4.69, 9.17) is 34.8 Å². The Morgan fingerprint density at radius 3 is 2.74 bits per heavy atom. The number of benzene rings is 2. The van der Waals surface area contributed by atoms with Crippen LogP contribution in [0.5, 0.6) is 0 Å². The summed E-state index contributed by atoms with van der Waals surface area (Å²) < 4.78 is 1.87. The number of nitrogens with one attached hydrogen (secondary N) is 1. The molecule has 0 aliphatic heterocycles. The van der Waals surface area contributed by atoms with Crippen LogP contribution in [-0.4, -0.2) is 16.6 Å². The highest BCUT2D eigenvalue weighted by atomic mass is 35.5. The molecular weight excluding hydrogens is 395 g/mol. The van der Waals surface area contributed by atoms with Crippen molar-refractivity contribution in [3.63, 3.8) is 0 Å². The SMILES string of the molecule is O=C(CSc1nc2cc(Cl)ccc2s1)Nc1ccc(Cl)c(Cl)c1. The van der Waals surface area contributed by atoms with Crippen LogP contribution >= 0.6 is 57.9 Å². The first kappa shape index (κ1) is 16.9. The van der Waals surface area contributed by atoms with Gasteiger partial charge in [-0.25, -0.2) is 4.98 Å². The van der Waals surface area contributed by atoms with Crippen molar-refractivity contribution in [1.82, 2.24) is 4.98 Å². The summed E-state index contributed by atoms with van der Waals surface area (Å²) >= 11 is 20.6. The van der Waals surface area contributed by atoms with Crippen molar-refractivity contribution >= 4 is 79.7 Å². The molecule has 8 heteroatoms. The van der Waals surface area contributed by atoms with E-state index in [-0.39, 0.29) is 11.7 Å². The van der Waals surface area contributed by atoms with Crippen molar-refractivity contribution in [1.29, 1.82) is 0 Å². The van der Waals surface area contributed by atoms with Crippen LogP contribution in [-0.2, 0) is 4.79 Å². The molecular formula is C15H9Cl3N2OS2. The fraction of sp³-hybridized carbons (Fsp3) is 0.0667. The molecule has 0 aliphatic carbocycles. The molecule has 1 aromatic heterocycles. The van der Waals surface area contributed by atoms with E-state index in [1.165, 1.54) is 23.1 Å². The molecule has 0 fully saturated rings. The van der Waals surface area contributed by atoms with Crippen molar-refractivity contribution in [2.75, 3.05) is 11.1 Å². The number of nitrogens with zero attached hydrogens (tertiary/aromatic N) is 1. The number of fused-ring (bicyclic) bond motifs is 1. The summed E-state index contributed by atoms with van der Waals surface area (Å²) in [6.45, 7) is 0. The van der Waals surface area contributed by atoms with E-state index in [1.54, 1.807) is 18.2 Å². The average molecular weight is 404 g/mol. The number of thiazole rings is 1. The van der Waals surface area contributed by atoms with Crippen molar-refractivity contribution < 1.29 is 4.79 Å². The zero-order valence-corrected chi connectivity index (χ0v) is 15.4. The van der Waals surface area contributed by atoms with E-state index < -0.39 is 0 Å². The molecule has 1 N–H and O–H groups in total. The Morgan fingerprint density at radius 1 is 1.13 bits per heavy atom. The van der Waals surface area contributed by atoms with Gasteiger partial charge in [-0.15, -0.1) is 11.3 Å². The maximum absolute atomic E-state index is 12.0. The lowest BCUT2D eigenvalue weighted by Gasteiger charge is -2.05. The second kappa shape index (κ2) is 7.28. The third-order valence-corrected chi connectivity index (χ3v) is 6.01. The smallest absolute Gasteiger partial charge is 0.234 e. The molecule has 2 aromatic carbocycles. The number of carbonyl (C=O) groups excluding carboxylic acids is 1. The van der Waals surface area contributed by atoms with Crippen LogP contribution in [0, 0.1) is 0 Å². The van der Waals surface area contributed by atoms with E-state index in [1.807, 2.05) is 18.2 Å². The fourth-order valence-corrected chi connectivity index (χ4v) is 4.15. The van der Waals surface area contributed by atoms with E-state index in [9.17, 15) is 4.79 Å². The number of thioether (sulfide) groups is 1. The van der Waals surface area contributed by atoms with Gasteiger partial charge in [-0.2, -0.15) is 0 Å². The van der Waals surface area contributed by atoms with Gasteiger partial charge in [-0.1, -0.05) is 46.6 Å². The minimum atomic E-state index is -0.134. The minimum absolute atomic E-state index is 0.134. The standard InChI is InChI=1S/C15H9Cl3N2OS2/c16-8-1-4-13-12(5-8)20-15(23-13)22-7-14(21)19-9-2-3-10(17)11(18)6-9/h1-6H,7H2,(H,19,21). The van der Waals surface area contributed by atoms with Crippen LogP contribution in [0.15, 0.2) is 40.7 Å². The van der Waals surface area contributed by atoms with Gasteiger partial charge < -0.3 is 5.32 Å². The summed E-state index contributed by atoms with van der Waals surface area (Å²) in [5, 5.41) is 4.28. The maximum Gasteiger partial charge on any atom is 0.234 e. The molecule has 0 aliphatic rings. The Morgan fingerprint density at radius 2 is 1.96 bits per heavy atom. The highest BCUT2D eigenvalue weighted by Crippen LogP contribution is 2.31. The van der Waals surface area contributed by atoms with E-state index in [0.29, 0.717) is 20.8 Å². The van der Waals surface area contributed by atoms with Crippen LogP contribution < -0.4 is 5.32 Å². The van der Waals surface area contributed by atoms with Crippen molar-refractivity contribution in [2.24, 2.45) is 0 Å². The van der Waals surface area contributed by atoms with Gasteiger partial charge in [-0.3, -0.25) is 4.79 Å². The Balaban J connectivity index is 1.62. The van der Waals surface area contributed by atoms with E-state index in [0.717, 1.165) is 14.6 Å². The predicted molar refractivity (Wildman–Crippen MR) is 100 cm³/mol. The third kappa shape index (κ3) is 4.31. The molecule has 3 nitrogen and oxygen atoms in total. The van der Waals surface area contributed by atoms with Gasteiger partial charge in [0.2, 0.25) is 5.91 Å². The quantitative estimate of drug-likeness (QED) is 0.544. The summed E-state index contributed by atoms with van der Waals surface area (Å²) in [6, 6.07) is 10.5. The molecule has 23 heavy (non-hydrogen) atoms. The van der Waals surface area contributed by atoms with Gasteiger partial charge in [0.1, 0.15) is 0 Å². The van der Waals surface area contributed by atoms with Gasteiger partial charge in [0, 0.05) is 10.7 Å². The first-order valence-corrected chi connectivity index (χ1v) is 9.38. The summed E-state index contributed by atoms with van der Waals surface area (Å²) in [6.07, 6.45) is 0. The zero-order chi connectivity index (χ0) is 16.4. The lowest BCUT2D eigenvalue weighted by molar-refractivity contribution is -0.113. The highest BCUT2D eigenvalue weighted by molar-refractivity contribution is 8.01. The molecule has 0 atom stereocenters. The number of aromatic nitrogens is 1. The Hall–Kier alpha value is -0.980. The van der Waals surface area contributed by atoms with Crippen LogP contribution in [0.2, 0.25) is 15.1 Å². The second-order valence-electron chi connectivity index (χ2n) is 4.56. The molecule has 0 saturated heterocycles. The summed E-state index contributed by atoms with van der Waals surface area (Å²) in [5.41, 5.74) is 1.45. The maximum atomic E-state index is 12.0. The van der Waals surface area contributed by atoms with Gasteiger partial charge in [0.15, 0.2) is 4.34 Å². The van der Waals surface area contributed by atoms with Crippen LogP contribution in [0.4, 0.5) is 5.69 Å². The normalized spacial score (nSPS) is 10.9. The number of hydrogen-bond acceptors (Lipinski definition) is 4. The van der Waals surface area contributed by atoms with Crippen molar-refractivity contribution in [3.05, 3.63) is 51.5 Å². The number of hydrogen-bond donors (Lipinski definition) is 1. The molecule has 1 heterocycles. The molecule has 0 unspecified atom stereocenters. The number of halogens is 3. The van der Waals surface area contributed by atoms with Crippen LogP contribution in [0.1, 0.15) is 0 Å². The summed E-state index contributed by atoms with van der Waals surface area (Å²) in [4.78, 5) is 16.5. The van der Waals surface area contributed by atoms with Gasteiger partial charge in [0.25, 0.3) is 0 Å². The van der Waals surface area contributed by atoms with Crippen molar-refractivity contribution in [3.8, 4) is 0 Å². The molecule has 0 saturated carbocycles. The molecule has 1 amide bonds. The van der Waals surface area contributed by atoms with E-state index >= 15 is 0 Å². The Bertz CT molecular complexity index is 882. The highest BCUT2D eigenvalue weighted by Gasteiger charge is 2.09. The van der Waals surface area contributed by atoms with Crippen molar-refractivity contribution in [2.45, 2.75) is 4.34 Å². The number of amides is 1. The first-order chi connectivity index (χ1) is 11.0. The van der Waals surface area contributed by atoms with Crippen LogP contribution in [0.25, 0.3) is 10.2 Å². The minimum Gasteiger partial charge on any atom is -0.325 e. The zero-order valence-electron chi connectivity index (χ0n) is 11.5. The lowest BCUT2D eigenvalue weighted by atomic mass is 10.3. The number of carbonyl (C=O) groups is 1. The molecule has 3 aromatic rings. The van der Waals surface area contributed by atoms with E-state index in [2.05, 4.69) is 10.3 Å². The number of rotatable bonds is 4. The summed E-state index contributed by atoms with van der Waals surface area (Å²) in [5.74, 6) is 0.124. The largest absolute Gasteiger partial charge is 0.325 e. The van der Waals surface area contributed by atoms with Gasteiger partial charge in [0.05, 0.1) is 26.0 Å². The molecule has 0 bridgehead atoms. The monoisotopic (exact) mass is 402 g/mol. The van der Waals surface area contributed by atoms with Gasteiger partial charge in [-0.05, 0) is 36.4 Å². The second-order valence-corrected chi connectivity index (χ2v) is 8.06. The first-order valence-electron chi connectivity index (χ1n) is 6.45. The molecule has 0 radical (unpaired) electrons. The topological polar surface area (TPSA) is 42.0 Å². The fourth-order valence-electron chi connectivity index (χ4n) is 1.84. The molecule has 118 valence electrons. The Labute approximate surface area is 156 Å². The lowest BCUT2D eigenvalue weighted by Crippen LogP contribution is -2.13. The van der Waals surface area contributed by atoms with Gasteiger partial charge >= 0.3 is 0 Å². The average Bonchev–Trinajstić information content (AvgIpc) is 2.91.